The van der Waals surface area contributed by atoms with Crippen LogP contribution in [0.3, 0.4) is 0 Å². The van der Waals surface area contributed by atoms with E-state index in [1.165, 1.54) is 11.8 Å². The van der Waals surface area contributed by atoms with Crippen LogP contribution in [0.25, 0.3) is 0 Å². The molecular formula is C22H23BrClN5O2S. The van der Waals surface area contributed by atoms with E-state index in [1.54, 1.807) is 28.8 Å². The fraction of sp³-hybridized carbons (Fsp3) is 0.273. The van der Waals surface area contributed by atoms with Crippen LogP contribution in [0, 0.1) is 13.8 Å². The lowest BCUT2D eigenvalue weighted by Crippen LogP contribution is -2.28. The number of anilines is 1. The van der Waals surface area contributed by atoms with Gasteiger partial charge in [-0.05, 0) is 68.3 Å². The average molecular weight is 537 g/mol. The summed E-state index contributed by atoms with van der Waals surface area (Å²) in [7, 11) is 1.81. The number of nitrogens with zero attached hydrogens (tertiary/aromatic N) is 3. The molecule has 0 saturated heterocycles. The number of carbonyl (C=O) groups is 2. The third-order valence-electron chi connectivity index (χ3n) is 5.04. The van der Waals surface area contributed by atoms with Crippen LogP contribution in [0.5, 0.6) is 0 Å². The van der Waals surface area contributed by atoms with E-state index in [2.05, 4.69) is 36.8 Å². The molecule has 0 fully saturated rings. The van der Waals surface area contributed by atoms with Crippen molar-refractivity contribution in [2.24, 2.45) is 7.05 Å². The van der Waals surface area contributed by atoms with Crippen LogP contribution in [0.2, 0.25) is 5.02 Å². The molecule has 0 spiro atoms. The first-order valence-corrected chi connectivity index (χ1v) is 12.0. The molecule has 1 heterocycles. The van der Waals surface area contributed by atoms with Crippen LogP contribution < -0.4 is 10.6 Å². The molecule has 2 aromatic carbocycles. The maximum atomic E-state index is 12.4. The Labute approximate surface area is 204 Å². The minimum Gasteiger partial charge on any atom is -0.342 e. The largest absolute Gasteiger partial charge is 0.342 e. The van der Waals surface area contributed by atoms with Gasteiger partial charge in [-0.25, -0.2) is 0 Å². The summed E-state index contributed by atoms with van der Waals surface area (Å²) >= 11 is 10.7. The number of thioether (sulfide) groups is 1. The molecule has 168 valence electrons. The van der Waals surface area contributed by atoms with E-state index >= 15 is 0 Å². The first-order valence-electron chi connectivity index (χ1n) is 9.81. The summed E-state index contributed by atoms with van der Waals surface area (Å²) < 4.78 is 2.78. The molecule has 1 atom stereocenters. The highest BCUT2D eigenvalue weighted by atomic mass is 79.9. The molecule has 0 radical (unpaired) electrons. The lowest BCUT2D eigenvalue weighted by molar-refractivity contribution is -0.113. The molecule has 32 heavy (non-hydrogen) atoms. The molecule has 3 aromatic rings. The lowest BCUT2D eigenvalue weighted by Gasteiger charge is -2.14. The number of hydrogen-bond acceptors (Lipinski definition) is 5. The standard InChI is InChI=1S/C22H23BrClN5O2S/c1-12-13(2)18(10-9-17(12)23)26-19(30)11-32-22-28-27-20(29(22)4)14(3)25-21(31)15-5-7-16(24)8-6-15/h5-10,14H,11H2,1-4H3,(H,25,31)(H,26,30)/t14-/m0/s1. The smallest absolute Gasteiger partial charge is 0.251 e. The molecule has 0 saturated carbocycles. The Morgan fingerprint density at radius 2 is 1.81 bits per heavy atom. The van der Waals surface area contributed by atoms with E-state index in [0.717, 1.165) is 21.3 Å². The average Bonchev–Trinajstić information content (AvgIpc) is 3.13. The first-order chi connectivity index (χ1) is 15.2. The number of hydrogen-bond donors (Lipinski definition) is 2. The number of amides is 2. The molecule has 0 aliphatic rings. The molecule has 2 amide bonds. The number of carbonyl (C=O) groups excluding carboxylic acids is 2. The van der Waals surface area contributed by atoms with Crippen LogP contribution in [0.4, 0.5) is 5.69 Å². The summed E-state index contributed by atoms with van der Waals surface area (Å²) in [5.74, 6) is 0.417. The molecule has 0 bridgehead atoms. The highest BCUT2D eigenvalue weighted by molar-refractivity contribution is 9.10. The van der Waals surface area contributed by atoms with Gasteiger partial charge in [-0.2, -0.15) is 0 Å². The third kappa shape index (κ3) is 5.70. The number of aromatic nitrogens is 3. The summed E-state index contributed by atoms with van der Waals surface area (Å²) in [6.45, 7) is 5.80. The van der Waals surface area contributed by atoms with Gasteiger partial charge in [0, 0.05) is 27.8 Å². The van der Waals surface area contributed by atoms with Crippen molar-refractivity contribution in [2.75, 3.05) is 11.1 Å². The van der Waals surface area contributed by atoms with Crippen molar-refractivity contribution in [2.45, 2.75) is 32.0 Å². The second-order valence-corrected chi connectivity index (χ2v) is 9.52. The van der Waals surface area contributed by atoms with E-state index in [9.17, 15) is 9.59 Å². The van der Waals surface area contributed by atoms with Gasteiger partial charge in [0.15, 0.2) is 11.0 Å². The zero-order valence-electron chi connectivity index (χ0n) is 18.1. The van der Waals surface area contributed by atoms with Gasteiger partial charge in [-0.15, -0.1) is 10.2 Å². The monoisotopic (exact) mass is 535 g/mol. The number of nitrogens with one attached hydrogen (secondary N) is 2. The maximum absolute atomic E-state index is 12.4. The molecule has 7 nitrogen and oxygen atoms in total. The van der Waals surface area contributed by atoms with E-state index in [1.807, 2.05) is 40.0 Å². The van der Waals surface area contributed by atoms with Gasteiger partial charge in [0.25, 0.3) is 5.91 Å². The van der Waals surface area contributed by atoms with Crippen LogP contribution in [0.1, 0.15) is 40.3 Å². The van der Waals surface area contributed by atoms with E-state index in [4.69, 9.17) is 11.6 Å². The molecule has 10 heteroatoms. The molecular weight excluding hydrogens is 514 g/mol. The Kier molecular flexibility index (Phi) is 7.97. The number of benzene rings is 2. The summed E-state index contributed by atoms with van der Waals surface area (Å²) in [5.41, 5.74) is 3.40. The zero-order chi connectivity index (χ0) is 23.4. The molecule has 1 aromatic heterocycles. The van der Waals surface area contributed by atoms with E-state index in [-0.39, 0.29) is 23.6 Å². The SMILES string of the molecule is Cc1c(Br)ccc(NC(=O)CSc2nnc([C@H](C)NC(=O)c3ccc(Cl)cc3)n2C)c1C. The van der Waals surface area contributed by atoms with Gasteiger partial charge in [-0.3, -0.25) is 9.59 Å². The summed E-state index contributed by atoms with van der Waals surface area (Å²) in [5, 5.41) is 15.4. The van der Waals surface area contributed by atoms with Crippen molar-refractivity contribution in [3.8, 4) is 0 Å². The highest BCUT2D eigenvalue weighted by Gasteiger charge is 2.19. The predicted octanol–water partition coefficient (Wildman–Crippen LogP) is 5.07. The number of halogens is 2. The Morgan fingerprint density at radius 3 is 2.50 bits per heavy atom. The van der Waals surface area contributed by atoms with Crippen molar-refractivity contribution in [3.63, 3.8) is 0 Å². The second kappa shape index (κ2) is 10.5. The molecule has 0 aliphatic heterocycles. The maximum Gasteiger partial charge on any atom is 0.251 e. The predicted molar refractivity (Wildman–Crippen MR) is 131 cm³/mol. The Hall–Kier alpha value is -2.36. The van der Waals surface area contributed by atoms with Crippen molar-refractivity contribution in [3.05, 3.63) is 68.4 Å². The van der Waals surface area contributed by atoms with Crippen LogP contribution in [0.15, 0.2) is 46.0 Å². The van der Waals surface area contributed by atoms with Gasteiger partial charge >= 0.3 is 0 Å². The van der Waals surface area contributed by atoms with E-state index in [0.29, 0.717) is 21.6 Å². The van der Waals surface area contributed by atoms with Gasteiger partial charge in [0.1, 0.15) is 0 Å². The van der Waals surface area contributed by atoms with Gasteiger partial charge in [0.05, 0.1) is 11.8 Å². The van der Waals surface area contributed by atoms with Crippen molar-refractivity contribution in [1.82, 2.24) is 20.1 Å². The third-order valence-corrected chi connectivity index (χ3v) is 7.17. The fourth-order valence-electron chi connectivity index (χ4n) is 3.01. The van der Waals surface area contributed by atoms with Gasteiger partial charge < -0.3 is 15.2 Å². The van der Waals surface area contributed by atoms with E-state index < -0.39 is 0 Å². The summed E-state index contributed by atoms with van der Waals surface area (Å²) in [4.78, 5) is 24.9. The van der Waals surface area contributed by atoms with Crippen molar-refractivity contribution < 1.29 is 9.59 Å². The lowest BCUT2D eigenvalue weighted by atomic mass is 10.1. The van der Waals surface area contributed by atoms with Crippen LogP contribution in [-0.2, 0) is 11.8 Å². The Morgan fingerprint density at radius 1 is 1.12 bits per heavy atom. The molecule has 3 rings (SSSR count). The van der Waals surface area contributed by atoms with Crippen molar-refractivity contribution in [1.29, 1.82) is 0 Å². The minimum atomic E-state index is -0.368. The summed E-state index contributed by atoms with van der Waals surface area (Å²) in [6, 6.07) is 10.1. The zero-order valence-corrected chi connectivity index (χ0v) is 21.2. The van der Waals surface area contributed by atoms with Crippen molar-refractivity contribution >= 4 is 56.8 Å². The van der Waals surface area contributed by atoms with Gasteiger partial charge in [-0.1, -0.05) is 39.3 Å². The quantitative estimate of drug-likeness (QED) is 0.412. The number of rotatable bonds is 7. The normalized spacial score (nSPS) is 11.8. The van der Waals surface area contributed by atoms with Crippen LogP contribution >= 0.6 is 39.3 Å². The fourth-order valence-corrected chi connectivity index (χ4v) is 4.29. The highest BCUT2D eigenvalue weighted by Crippen LogP contribution is 2.26. The van der Waals surface area contributed by atoms with Gasteiger partial charge in [0.2, 0.25) is 5.91 Å². The molecule has 2 N–H and O–H groups in total. The van der Waals surface area contributed by atoms with Crippen LogP contribution in [-0.4, -0.2) is 32.3 Å². The molecule has 0 unspecified atom stereocenters. The minimum absolute atomic E-state index is 0.131. The molecule has 0 aliphatic carbocycles. The summed E-state index contributed by atoms with van der Waals surface area (Å²) in [6.07, 6.45) is 0. The topological polar surface area (TPSA) is 88.9 Å². The Bertz CT molecular complexity index is 1150. The Balaban J connectivity index is 1.59. The first kappa shape index (κ1) is 24.3. The second-order valence-electron chi connectivity index (χ2n) is 7.28.